The molecule has 0 unspecified atom stereocenters. The van der Waals surface area contributed by atoms with E-state index >= 15 is 0 Å². The smallest absolute Gasteiger partial charge is 0.124 e. The van der Waals surface area contributed by atoms with Crippen LogP contribution in [0, 0.1) is 12.7 Å². The van der Waals surface area contributed by atoms with Crippen LogP contribution in [0.4, 0.5) is 4.39 Å². The van der Waals surface area contributed by atoms with Crippen LogP contribution in [0.1, 0.15) is 5.56 Å². The van der Waals surface area contributed by atoms with Gasteiger partial charge < -0.3 is 0 Å². The number of rotatable bonds is 2. The Morgan fingerprint density at radius 2 is 1.75 bits per heavy atom. The van der Waals surface area contributed by atoms with Gasteiger partial charge in [-0.25, -0.2) is 4.39 Å². The van der Waals surface area contributed by atoms with Gasteiger partial charge in [0.05, 0.1) is 0 Å². The zero-order valence-electron chi connectivity index (χ0n) is 8.71. The van der Waals surface area contributed by atoms with Gasteiger partial charge in [0.2, 0.25) is 0 Å². The van der Waals surface area contributed by atoms with Crippen molar-refractivity contribution in [1.82, 2.24) is 0 Å². The van der Waals surface area contributed by atoms with E-state index in [2.05, 4.69) is 28.1 Å². The van der Waals surface area contributed by atoms with Crippen LogP contribution < -0.4 is 0 Å². The quantitative estimate of drug-likeness (QED) is 0.747. The molecule has 0 N–H and O–H groups in total. The van der Waals surface area contributed by atoms with Gasteiger partial charge in [0.25, 0.3) is 0 Å². The number of halogens is 2. The molecule has 0 nitrogen and oxygen atoms in total. The molecule has 0 spiro atoms. The van der Waals surface area contributed by atoms with E-state index in [1.807, 2.05) is 19.1 Å². The third-order valence-electron chi connectivity index (χ3n) is 2.14. The van der Waals surface area contributed by atoms with Crippen molar-refractivity contribution in [3.63, 3.8) is 0 Å². The summed E-state index contributed by atoms with van der Waals surface area (Å²) in [7, 11) is 0. The number of aryl methyl sites for hydroxylation is 1. The van der Waals surface area contributed by atoms with Crippen LogP contribution in [-0.4, -0.2) is 0 Å². The second kappa shape index (κ2) is 5.02. The Hall–Kier alpha value is -0.800. The van der Waals surface area contributed by atoms with Gasteiger partial charge in [-0.1, -0.05) is 29.5 Å². The molecule has 0 aliphatic carbocycles. The largest absolute Gasteiger partial charge is 0.207 e. The fourth-order valence-electron chi connectivity index (χ4n) is 1.29. The second-order valence-corrected chi connectivity index (χ2v) is 5.46. The SMILES string of the molecule is Cc1ccc(Sc2cc(F)ccc2Br)cc1. The highest BCUT2D eigenvalue weighted by Gasteiger charge is 2.03. The maximum Gasteiger partial charge on any atom is 0.124 e. The van der Waals surface area contributed by atoms with E-state index in [0.717, 1.165) is 14.3 Å². The van der Waals surface area contributed by atoms with E-state index in [1.54, 1.807) is 17.8 Å². The molecule has 3 heteroatoms. The Kier molecular flexibility index (Phi) is 3.66. The maximum atomic E-state index is 13.1. The summed E-state index contributed by atoms with van der Waals surface area (Å²) in [6, 6.07) is 12.9. The monoisotopic (exact) mass is 296 g/mol. The minimum absolute atomic E-state index is 0.210. The van der Waals surface area contributed by atoms with Gasteiger partial charge in [0.15, 0.2) is 0 Å². The summed E-state index contributed by atoms with van der Waals surface area (Å²) in [4.78, 5) is 2.00. The highest BCUT2D eigenvalue weighted by molar-refractivity contribution is 9.10. The van der Waals surface area contributed by atoms with Crippen molar-refractivity contribution in [3.8, 4) is 0 Å². The van der Waals surface area contributed by atoms with Gasteiger partial charge in [-0.3, -0.25) is 0 Å². The average molecular weight is 297 g/mol. The van der Waals surface area contributed by atoms with E-state index < -0.39 is 0 Å². The lowest BCUT2D eigenvalue weighted by Crippen LogP contribution is -1.79. The maximum absolute atomic E-state index is 13.1. The molecule has 0 atom stereocenters. The second-order valence-electron chi connectivity index (χ2n) is 3.49. The Labute approximate surface area is 107 Å². The molecule has 0 saturated carbocycles. The number of benzene rings is 2. The van der Waals surface area contributed by atoms with Crippen molar-refractivity contribution >= 4 is 27.7 Å². The van der Waals surface area contributed by atoms with Crippen LogP contribution in [0.2, 0.25) is 0 Å². The lowest BCUT2D eigenvalue weighted by Gasteiger charge is -2.04. The van der Waals surface area contributed by atoms with Crippen molar-refractivity contribution in [1.29, 1.82) is 0 Å². The van der Waals surface area contributed by atoms with Crippen LogP contribution in [0.5, 0.6) is 0 Å². The van der Waals surface area contributed by atoms with Crippen molar-refractivity contribution in [2.24, 2.45) is 0 Å². The minimum atomic E-state index is -0.210. The van der Waals surface area contributed by atoms with Crippen LogP contribution in [0.3, 0.4) is 0 Å². The summed E-state index contributed by atoms with van der Waals surface area (Å²) < 4.78 is 14.0. The third-order valence-corrected chi connectivity index (χ3v) is 4.16. The Morgan fingerprint density at radius 1 is 1.06 bits per heavy atom. The van der Waals surface area contributed by atoms with Crippen molar-refractivity contribution in [2.45, 2.75) is 16.7 Å². The van der Waals surface area contributed by atoms with Crippen LogP contribution >= 0.6 is 27.7 Å². The lowest BCUT2D eigenvalue weighted by molar-refractivity contribution is 0.623. The normalized spacial score (nSPS) is 10.4. The molecular formula is C13H10BrFS. The van der Waals surface area contributed by atoms with Crippen molar-refractivity contribution in [2.75, 3.05) is 0 Å². The molecule has 2 rings (SSSR count). The Balaban J connectivity index is 2.26. The summed E-state index contributed by atoms with van der Waals surface area (Å²) >= 11 is 4.97. The molecule has 0 bridgehead atoms. The van der Waals surface area contributed by atoms with Crippen LogP contribution in [0.15, 0.2) is 56.7 Å². The molecular weight excluding hydrogens is 287 g/mol. The van der Waals surface area contributed by atoms with E-state index in [1.165, 1.54) is 17.7 Å². The summed E-state index contributed by atoms with van der Waals surface area (Å²) in [5, 5.41) is 0. The van der Waals surface area contributed by atoms with Gasteiger partial charge in [-0.15, -0.1) is 0 Å². The fraction of sp³-hybridized carbons (Fsp3) is 0.0769. The van der Waals surface area contributed by atoms with E-state index in [-0.39, 0.29) is 5.82 Å². The Morgan fingerprint density at radius 3 is 2.44 bits per heavy atom. The first-order chi connectivity index (χ1) is 7.65. The molecule has 16 heavy (non-hydrogen) atoms. The molecule has 0 fully saturated rings. The lowest BCUT2D eigenvalue weighted by atomic mass is 10.2. The molecule has 0 amide bonds. The highest BCUT2D eigenvalue weighted by atomic mass is 79.9. The summed E-state index contributed by atoms with van der Waals surface area (Å²) in [6.07, 6.45) is 0. The minimum Gasteiger partial charge on any atom is -0.207 e. The van der Waals surface area contributed by atoms with Gasteiger partial charge in [0, 0.05) is 14.3 Å². The molecule has 2 aromatic carbocycles. The highest BCUT2D eigenvalue weighted by Crippen LogP contribution is 2.33. The first-order valence-electron chi connectivity index (χ1n) is 4.85. The molecule has 0 aliphatic rings. The van der Waals surface area contributed by atoms with Gasteiger partial charge >= 0.3 is 0 Å². The first kappa shape index (κ1) is 11.7. The first-order valence-corrected chi connectivity index (χ1v) is 6.46. The third kappa shape index (κ3) is 2.86. The van der Waals surface area contributed by atoms with Gasteiger partial charge in [-0.05, 0) is 53.2 Å². The van der Waals surface area contributed by atoms with E-state index in [9.17, 15) is 4.39 Å². The standard InChI is InChI=1S/C13H10BrFS/c1-9-2-5-11(6-3-9)16-13-8-10(15)4-7-12(13)14/h2-8H,1H3. The predicted molar refractivity (Wildman–Crippen MR) is 69.4 cm³/mol. The molecule has 0 heterocycles. The molecule has 0 radical (unpaired) electrons. The zero-order chi connectivity index (χ0) is 11.5. The topological polar surface area (TPSA) is 0 Å². The van der Waals surface area contributed by atoms with Gasteiger partial charge in [0.1, 0.15) is 5.82 Å². The van der Waals surface area contributed by atoms with E-state index in [0.29, 0.717) is 0 Å². The molecule has 0 aliphatic heterocycles. The van der Waals surface area contributed by atoms with Crippen LogP contribution in [-0.2, 0) is 0 Å². The van der Waals surface area contributed by atoms with Gasteiger partial charge in [-0.2, -0.15) is 0 Å². The predicted octanol–water partition coefficient (Wildman–Crippen LogP) is 5.05. The van der Waals surface area contributed by atoms with E-state index in [4.69, 9.17) is 0 Å². The molecule has 82 valence electrons. The summed E-state index contributed by atoms with van der Waals surface area (Å²) in [5.41, 5.74) is 1.22. The average Bonchev–Trinajstić information content (AvgIpc) is 2.27. The van der Waals surface area contributed by atoms with Crippen molar-refractivity contribution in [3.05, 3.63) is 58.3 Å². The molecule has 0 aromatic heterocycles. The van der Waals surface area contributed by atoms with Crippen LogP contribution in [0.25, 0.3) is 0 Å². The summed E-state index contributed by atoms with van der Waals surface area (Å²) in [5.74, 6) is -0.210. The number of hydrogen-bond acceptors (Lipinski definition) is 1. The summed E-state index contributed by atoms with van der Waals surface area (Å²) in [6.45, 7) is 2.05. The van der Waals surface area contributed by atoms with Crippen molar-refractivity contribution < 1.29 is 4.39 Å². The fourth-order valence-corrected chi connectivity index (χ4v) is 2.64. The molecule has 0 saturated heterocycles. The zero-order valence-corrected chi connectivity index (χ0v) is 11.1. The number of hydrogen-bond donors (Lipinski definition) is 0. The molecule has 2 aromatic rings. The Bertz CT molecular complexity index is 494.